The molecule has 0 fully saturated rings. The second-order valence-electron chi connectivity index (χ2n) is 2.95. The van der Waals surface area contributed by atoms with Crippen molar-refractivity contribution in [2.24, 2.45) is 0 Å². The number of hydrogen-bond acceptors (Lipinski definition) is 2. The number of benzene rings is 1. The number of nitrogens with one attached hydrogen (secondary N) is 1. The Hall–Kier alpha value is -1.000. The van der Waals surface area contributed by atoms with E-state index in [9.17, 15) is 0 Å². The van der Waals surface area contributed by atoms with Gasteiger partial charge in [-0.2, -0.15) is 0 Å². The fraction of sp³-hybridized carbons (Fsp3) is 0.100. The van der Waals surface area contributed by atoms with E-state index >= 15 is 0 Å². The molecule has 2 aromatic rings. The summed E-state index contributed by atoms with van der Waals surface area (Å²) in [4.78, 5) is 7.01. The summed E-state index contributed by atoms with van der Waals surface area (Å²) in [6.07, 6.45) is 1.72. The maximum atomic E-state index is 5.82. The Morgan fingerprint density at radius 2 is 2.33 bits per heavy atom. The molecule has 0 saturated carbocycles. The van der Waals surface area contributed by atoms with E-state index in [1.807, 2.05) is 12.1 Å². The van der Waals surface area contributed by atoms with Crippen LogP contribution in [0.15, 0.2) is 35.2 Å². The first-order chi connectivity index (χ1) is 7.24. The van der Waals surface area contributed by atoms with Crippen LogP contribution < -0.4 is 4.74 Å². The first kappa shape index (κ1) is 10.5. The molecule has 0 radical (unpaired) electrons. The maximum Gasteiger partial charge on any atom is 0.174 e. The molecule has 0 unspecified atom stereocenters. The van der Waals surface area contributed by atoms with Gasteiger partial charge in [-0.05, 0) is 34.1 Å². The molecule has 1 heterocycles. The molecule has 3 nitrogen and oxygen atoms in total. The van der Waals surface area contributed by atoms with Crippen molar-refractivity contribution in [2.75, 3.05) is 0 Å². The smallest absolute Gasteiger partial charge is 0.174 e. The number of aromatic amines is 1. The van der Waals surface area contributed by atoms with Gasteiger partial charge in [0, 0.05) is 5.02 Å². The third-order valence-corrected chi connectivity index (χ3v) is 2.43. The van der Waals surface area contributed by atoms with Crippen LogP contribution in [0.1, 0.15) is 5.69 Å². The summed E-state index contributed by atoms with van der Waals surface area (Å²) in [6, 6.07) is 7.28. The molecule has 5 heteroatoms. The van der Waals surface area contributed by atoms with Crippen LogP contribution in [0.3, 0.4) is 0 Å². The van der Waals surface area contributed by atoms with Crippen molar-refractivity contribution in [3.63, 3.8) is 0 Å². The van der Waals surface area contributed by atoms with Gasteiger partial charge in [0.15, 0.2) is 4.73 Å². The summed E-state index contributed by atoms with van der Waals surface area (Å²) in [5.41, 5.74) is 0.904. The van der Waals surface area contributed by atoms with Crippen LogP contribution >= 0.6 is 27.5 Å². The van der Waals surface area contributed by atoms with Crippen molar-refractivity contribution in [3.8, 4) is 5.75 Å². The molecule has 15 heavy (non-hydrogen) atoms. The first-order valence-corrected chi connectivity index (χ1v) is 5.49. The fourth-order valence-electron chi connectivity index (χ4n) is 1.12. The molecule has 0 atom stereocenters. The maximum absolute atomic E-state index is 5.82. The molecule has 0 aliphatic heterocycles. The van der Waals surface area contributed by atoms with Gasteiger partial charge in [-0.15, -0.1) is 0 Å². The van der Waals surface area contributed by atoms with Crippen molar-refractivity contribution in [2.45, 2.75) is 6.61 Å². The lowest BCUT2D eigenvalue weighted by Crippen LogP contribution is -1.95. The van der Waals surface area contributed by atoms with Crippen LogP contribution in [-0.2, 0) is 6.61 Å². The molecule has 0 spiro atoms. The topological polar surface area (TPSA) is 37.9 Å². The number of rotatable bonds is 3. The molecular formula is C10H8BrClN2O. The van der Waals surface area contributed by atoms with E-state index in [0.29, 0.717) is 16.4 Å². The minimum Gasteiger partial charge on any atom is -0.487 e. The van der Waals surface area contributed by atoms with E-state index < -0.39 is 0 Å². The fourth-order valence-corrected chi connectivity index (χ4v) is 1.66. The van der Waals surface area contributed by atoms with Crippen LogP contribution in [0.2, 0.25) is 5.02 Å². The summed E-state index contributed by atoms with van der Waals surface area (Å²) < 4.78 is 6.21. The van der Waals surface area contributed by atoms with Gasteiger partial charge in [0.05, 0.1) is 11.9 Å². The number of aromatic nitrogens is 2. The first-order valence-electron chi connectivity index (χ1n) is 4.32. The quantitative estimate of drug-likeness (QED) is 0.939. The van der Waals surface area contributed by atoms with E-state index in [-0.39, 0.29) is 0 Å². The predicted molar refractivity (Wildman–Crippen MR) is 62.1 cm³/mol. The Balaban J connectivity index is 1.99. The second-order valence-corrected chi connectivity index (χ2v) is 4.13. The molecule has 1 aromatic heterocycles. The van der Waals surface area contributed by atoms with E-state index in [1.54, 1.807) is 18.3 Å². The SMILES string of the molecule is Clc1cccc(OCc2cnc(Br)[nH]2)c1. The minimum absolute atomic E-state index is 0.443. The highest BCUT2D eigenvalue weighted by atomic mass is 79.9. The van der Waals surface area contributed by atoms with Gasteiger partial charge in [-0.3, -0.25) is 0 Å². The average Bonchev–Trinajstić information content (AvgIpc) is 2.62. The summed E-state index contributed by atoms with van der Waals surface area (Å²) >= 11 is 9.05. The van der Waals surface area contributed by atoms with Gasteiger partial charge in [0.1, 0.15) is 12.4 Å². The third-order valence-electron chi connectivity index (χ3n) is 1.79. The van der Waals surface area contributed by atoms with Gasteiger partial charge in [-0.25, -0.2) is 4.98 Å². The number of imidazole rings is 1. The van der Waals surface area contributed by atoms with Crippen molar-refractivity contribution >= 4 is 27.5 Å². The zero-order valence-electron chi connectivity index (χ0n) is 7.71. The molecule has 0 aliphatic carbocycles. The molecule has 0 saturated heterocycles. The molecule has 2 rings (SSSR count). The zero-order chi connectivity index (χ0) is 10.7. The Morgan fingerprint density at radius 3 is 3.00 bits per heavy atom. The second kappa shape index (κ2) is 4.68. The number of H-pyrrole nitrogens is 1. The summed E-state index contributed by atoms with van der Waals surface area (Å²) in [7, 11) is 0. The molecule has 0 bridgehead atoms. The van der Waals surface area contributed by atoms with E-state index in [2.05, 4.69) is 25.9 Å². The Labute approximate surface area is 101 Å². The minimum atomic E-state index is 0.443. The highest BCUT2D eigenvalue weighted by Gasteiger charge is 1.99. The van der Waals surface area contributed by atoms with E-state index in [1.165, 1.54) is 0 Å². The number of hydrogen-bond donors (Lipinski definition) is 1. The van der Waals surface area contributed by atoms with Gasteiger partial charge in [0.25, 0.3) is 0 Å². The van der Waals surface area contributed by atoms with Gasteiger partial charge >= 0.3 is 0 Å². The number of nitrogens with zero attached hydrogens (tertiary/aromatic N) is 1. The van der Waals surface area contributed by atoms with Crippen molar-refractivity contribution < 1.29 is 4.74 Å². The zero-order valence-corrected chi connectivity index (χ0v) is 10.0. The number of ether oxygens (including phenoxy) is 1. The highest BCUT2D eigenvalue weighted by Crippen LogP contribution is 2.18. The predicted octanol–water partition coefficient (Wildman–Crippen LogP) is 3.40. The summed E-state index contributed by atoms with van der Waals surface area (Å²) in [5.74, 6) is 0.744. The van der Waals surface area contributed by atoms with Crippen LogP contribution in [0.4, 0.5) is 0 Å². The van der Waals surface area contributed by atoms with E-state index in [0.717, 1.165) is 11.4 Å². The van der Waals surface area contributed by atoms with Crippen LogP contribution in [0.5, 0.6) is 5.75 Å². The lowest BCUT2D eigenvalue weighted by Gasteiger charge is -2.04. The van der Waals surface area contributed by atoms with Gasteiger partial charge in [0.2, 0.25) is 0 Å². The Morgan fingerprint density at radius 1 is 1.47 bits per heavy atom. The summed E-state index contributed by atoms with van der Waals surface area (Å²) in [5, 5.41) is 0.665. The van der Waals surface area contributed by atoms with Crippen molar-refractivity contribution in [1.29, 1.82) is 0 Å². The van der Waals surface area contributed by atoms with Crippen LogP contribution in [-0.4, -0.2) is 9.97 Å². The van der Waals surface area contributed by atoms with Gasteiger partial charge in [-0.1, -0.05) is 17.7 Å². The third kappa shape index (κ3) is 2.97. The standard InChI is InChI=1S/C10H8BrClN2O/c11-10-13-5-8(14-10)6-15-9-3-1-2-7(12)4-9/h1-5H,6H2,(H,13,14). The molecule has 78 valence electrons. The molecule has 0 amide bonds. The highest BCUT2D eigenvalue weighted by molar-refractivity contribution is 9.10. The Kier molecular flexibility index (Phi) is 3.28. The normalized spacial score (nSPS) is 10.3. The largest absolute Gasteiger partial charge is 0.487 e. The monoisotopic (exact) mass is 286 g/mol. The lowest BCUT2D eigenvalue weighted by atomic mass is 10.3. The van der Waals surface area contributed by atoms with Gasteiger partial charge < -0.3 is 9.72 Å². The van der Waals surface area contributed by atoms with Crippen LogP contribution in [0.25, 0.3) is 0 Å². The molecule has 0 aliphatic rings. The molecular weight excluding hydrogens is 279 g/mol. The van der Waals surface area contributed by atoms with Crippen molar-refractivity contribution in [3.05, 3.63) is 45.9 Å². The molecule has 1 N–H and O–H groups in total. The van der Waals surface area contributed by atoms with Crippen LogP contribution in [0, 0.1) is 0 Å². The summed E-state index contributed by atoms with van der Waals surface area (Å²) in [6.45, 7) is 0.443. The van der Waals surface area contributed by atoms with Crippen molar-refractivity contribution in [1.82, 2.24) is 9.97 Å². The molecule has 1 aromatic carbocycles. The Bertz CT molecular complexity index is 458. The van der Waals surface area contributed by atoms with E-state index in [4.69, 9.17) is 16.3 Å². The average molecular weight is 288 g/mol. The number of halogens is 2. The lowest BCUT2D eigenvalue weighted by molar-refractivity contribution is 0.302.